The molecule has 0 fully saturated rings. The van der Waals surface area contributed by atoms with Gasteiger partial charge in [0.05, 0.1) is 12.3 Å². The van der Waals surface area contributed by atoms with Gasteiger partial charge in [0.15, 0.2) is 4.34 Å². The van der Waals surface area contributed by atoms with E-state index in [0.717, 1.165) is 17.0 Å². The quantitative estimate of drug-likeness (QED) is 0.569. The van der Waals surface area contributed by atoms with Gasteiger partial charge in [0.2, 0.25) is 11.0 Å². The summed E-state index contributed by atoms with van der Waals surface area (Å²) in [6.07, 6.45) is 0. The van der Waals surface area contributed by atoms with Gasteiger partial charge in [-0.3, -0.25) is 4.79 Å². The molecule has 3 aromatic rings. The number of benzene rings is 2. The fraction of sp³-hybridized carbons (Fsp3) is 0.167. The summed E-state index contributed by atoms with van der Waals surface area (Å²) in [5, 5.41) is 11.6. The van der Waals surface area contributed by atoms with E-state index in [2.05, 4.69) is 15.5 Å². The number of aromatic nitrogens is 2. The molecule has 134 valence electrons. The van der Waals surface area contributed by atoms with Crippen molar-refractivity contribution in [2.75, 3.05) is 11.9 Å². The molecular formula is C18H18N4O2S2. The minimum Gasteiger partial charge on any atom is -0.492 e. The smallest absolute Gasteiger partial charge is 0.235 e. The summed E-state index contributed by atoms with van der Waals surface area (Å²) in [5.41, 5.74) is 7.22. The number of ether oxygens (including phenoxy) is 1. The second kappa shape index (κ2) is 8.68. The molecule has 1 atom stereocenters. The molecule has 0 aliphatic heterocycles. The molecule has 3 rings (SSSR count). The van der Waals surface area contributed by atoms with Crippen molar-refractivity contribution >= 4 is 39.8 Å². The Bertz CT molecular complexity index is 870. The molecule has 1 heterocycles. The van der Waals surface area contributed by atoms with Crippen LogP contribution < -0.4 is 15.8 Å². The van der Waals surface area contributed by atoms with Gasteiger partial charge in [-0.25, -0.2) is 0 Å². The zero-order valence-corrected chi connectivity index (χ0v) is 15.7. The predicted molar refractivity (Wildman–Crippen MR) is 105 cm³/mol. The molecule has 1 unspecified atom stereocenters. The Labute approximate surface area is 159 Å². The number of carbonyl (C=O) groups is 1. The lowest BCUT2D eigenvalue weighted by molar-refractivity contribution is -0.117. The summed E-state index contributed by atoms with van der Waals surface area (Å²) in [7, 11) is 0. The highest BCUT2D eigenvalue weighted by Crippen LogP contribution is 2.38. The molecule has 1 amide bonds. The Morgan fingerprint density at radius 1 is 1.19 bits per heavy atom. The van der Waals surface area contributed by atoms with Crippen LogP contribution in [0.25, 0.3) is 0 Å². The van der Waals surface area contributed by atoms with Crippen LogP contribution in [0.2, 0.25) is 0 Å². The van der Waals surface area contributed by atoms with Crippen LogP contribution >= 0.6 is 23.1 Å². The molecular weight excluding hydrogens is 368 g/mol. The molecule has 6 nitrogen and oxygen atoms in total. The first-order valence-electron chi connectivity index (χ1n) is 8.00. The van der Waals surface area contributed by atoms with E-state index < -0.39 is 11.2 Å². The summed E-state index contributed by atoms with van der Waals surface area (Å²) >= 11 is 2.66. The van der Waals surface area contributed by atoms with Gasteiger partial charge in [-0.1, -0.05) is 65.6 Å². The lowest BCUT2D eigenvalue weighted by Gasteiger charge is -2.11. The summed E-state index contributed by atoms with van der Waals surface area (Å²) < 4.78 is 6.26. The van der Waals surface area contributed by atoms with Crippen LogP contribution in [0.5, 0.6) is 5.75 Å². The van der Waals surface area contributed by atoms with Gasteiger partial charge >= 0.3 is 0 Å². The van der Waals surface area contributed by atoms with Gasteiger partial charge < -0.3 is 15.8 Å². The van der Waals surface area contributed by atoms with Gasteiger partial charge in [0, 0.05) is 0 Å². The second-order valence-corrected chi connectivity index (χ2v) is 7.57. The van der Waals surface area contributed by atoms with Crippen LogP contribution in [-0.2, 0) is 4.79 Å². The number of hydrogen-bond acceptors (Lipinski definition) is 7. The molecule has 2 aromatic carbocycles. The number of hydrogen-bond donors (Lipinski definition) is 2. The van der Waals surface area contributed by atoms with Crippen molar-refractivity contribution in [2.24, 2.45) is 5.73 Å². The van der Waals surface area contributed by atoms with Crippen LogP contribution in [0, 0.1) is 0 Å². The largest absolute Gasteiger partial charge is 0.492 e. The highest BCUT2D eigenvalue weighted by Gasteiger charge is 2.21. The molecule has 1 aromatic heterocycles. The van der Waals surface area contributed by atoms with E-state index in [1.165, 1.54) is 23.1 Å². The average Bonchev–Trinajstić information content (AvgIpc) is 3.09. The first kappa shape index (κ1) is 18.2. The highest BCUT2D eigenvalue weighted by molar-refractivity contribution is 8.01. The number of rotatable bonds is 8. The Kier molecular flexibility index (Phi) is 6.08. The summed E-state index contributed by atoms with van der Waals surface area (Å²) in [4.78, 5) is 11.8. The van der Waals surface area contributed by atoms with Crippen molar-refractivity contribution in [3.63, 3.8) is 0 Å². The Morgan fingerprint density at radius 3 is 2.65 bits per heavy atom. The SMILES string of the molecule is CCOc1ccccc1Nc1nnc(SC(C(N)=O)c2ccccc2)s1. The third-order valence-corrected chi connectivity index (χ3v) is 5.61. The number of para-hydroxylation sites is 2. The van der Waals surface area contributed by atoms with E-state index in [9.17, 15) is 4.79 Å². The first-order valence-corrected chi connectivity index (χ1v) is 9.70. The molecule has 0 spiro atoms. The molecule has 0 saturated carbocycles. The number of nitrogens with two attached hydrogens (primary N) is 1. The van der Waals surface area contributed by atoms with Crippen molar-refractivity contribution < 1.29 is 9.53 Å². The zero-order chi connectivity index (χ0) is 18.4. The van der Waals surface area contributed by atoms with Crippen molar-refractivity contribution in [1.82, 2.24) is 10.2 Å². The Balaban J connectivity index is 1.74. The topological polar surface area (TPSA) is 90.1 Å². The second-order valence-electron chi connectivity index (χ2n) is 5.24. The van der Waals surface area contributed by atoms with E-state index >= 15 is 0 Å². The van der Waals surface area contributed by atoms with E-state index in [4.69, 9.17) is 10.5 Å². The molecule has 0 aliphatic carbocycles. The van der Waals surface area contributed by atoms with Gasteiger partial charge in [0.25, 0.3) is 0 Å². The van der Waals surface area contributed by atoms with Crippen LogP contribution in [-0.4, -0.2) is 22.7 Å². The van der Waals surface area contributed by atoms with Gasteiger partial charge in [0.1, 0.15) is 11.0 Å². The van der Waals surface area contributed by atoms with Gasteiger partial charge in [-0.15, -0.1) is 10.2 Å². The summed E-state index contributed by atoms with van der Waals surface area (Å²) in [5.74, 6) is 0.339. The average molecular weight is 387 g/mol. The Hall–Kier alpha value is -2.58. The number of nitrogens with one attached hydrogen (secondary N) is 1. The number of amides is 1. The molecule has 0 saturated heterocycles. The highest BCUT2D eigenvalue weighted by atomic mass is 32.2. The molecule has 3 N–H and O–H groups in total. The van der Waals surface area contributed by atoms with Crippen molar-refractivity contribution in [3.8, 4) is 5.75 Å². The fourth-order valence-electron chi connectivity index (χ4n) is 2.29. The van der Waals surface area contributed by atoms with E-state index in [1.807, 2.05) is 61.5 Å². The number of nitrogens with zero attached hydrogens (tertiary/aromatic N) is 2. The van der Waals surface area contributed by atoms with Crippen molar-refractivity contribution in [1.29, 1.82) is 0 Å². The number of carbonyl (C=O) groups excluding carboxylic acids is 1. The monoisotopic (exact) mass is 386 g/mol. The van der Waals surface area contributed by atoms with E-state index in [1.54, 1.807) is 0 Å². The number of anilines is 2. The zero-order valence-electron chi connectivity index (χ0n) is 14.1. The minimum atomic E-state index is -0.507. The van der Waals surface area contributed by atoms with Crippen LogP contribution in [0.3, 0.4) is 0 Å². The molecule has 26 heavy (non-hydrogen) atoms. The minimum absolute atomic E-state index is 0.410. The molecule has 0 aliphatic rings. The first-order chi connectivity index (χ1) is 12.7. The van der Waals surface area contributed by atoms with Crippen LogP contribution in [0.15, 0.2) is 58.9 Å². The van der Waals surface area contributed by atoms with E-state index in [0.29, 0.717) is 16.1 Å². The summed E-state index contributed by atoms with van der Waals surface area (Å²) in [6, 6.07) is 17.0. The summed E-state index contributed by atoms with van der Waals surface area (Å²) in [6.45, 7) is 2.51. The van der Waals surface area contributed by atoms with Gasteiger partial charge in [-0.2, -0.15) is 0 Å². The molecule has 0 radical (unpaired) electrons. The maximum atomic E-state index is 11.8. The van der Waals surface area contributed by atoms with Gasteiger partial charge in [-0.05, 0) is 24.6 Å². The standard InChI is InChI=1S/C18H18N4O2S2/c1-2-24-14-11-7-6-10-13(14)20-17-21-22-18(26-17)25-15(16(19)23)12-8-4-3-5-9-12/h3-11,15H,2H2,1H3,(H2,19,23)(H,20,21). The van der Waals surface area contributed by atoms with E-state index in [-0.39, 0.29) is 0 Å². The molecule has 8 heteroatoms. The number of primary amides is 1. The fourth-order valence-corrected chi connectivity index (χ4v) is 4.20. The third-order valence-electron chi connectivity index (χ3n) is 3.41. The number of thioether (sulfide) groups is 1. The maximum absolute atomic E-state index is 11.8. The lowest BCUT2D eigenvalue weighted by atomic mass is 10.1. The lowest BCUT2D eigenvalue weighted by Crippen LogP contribution is -2.18. The normalized spacial score (nSPS) is 11.7. The van der Waals surface area contributed by atoms with Crippen molar-refractivity contribution in [3.05, 3.63) is 60.2 Å². The maximum Gasteiger partial charge on any atom is 0.235 e. The van der Waals surface area contributed by atoms with Crippen LogP contribution in [0.4, 0.5) is 10.8 Å². The van der Waals surface area contributed by atoms with Crippen LogP contribution in [0.1, 0.15) is 17.7 Å². The third kappa shape index (κ3) is 4.53. The molecule has 0 bridgehead atoms. The Morgan fingerprint density at radius 2 is 1.92 bits per heavy atom. The van der Waals surface area contributed by atoms with Crippen molar-refractivity contribution in [2.45, 2.75) is 16.5 Å². The predicted octanol–water partition coefficient (Wildman–Crippen LogP) is 4.00.